The minimum absolute atomic E-state index is 0.205. The van der Waals surface area contributed by atoms with Gasteiger partial charge in [-0.1, -0.05) is 6.07 Å². The minimum atomic E-state index is -3.66. The van der Waals surface area contributed by atoms with E-state index in [0.29, 0.717) is 43.2 Å². The summed E-state index contributed by atoms with van der Waals surface area (Å²) in [5, 5.41) is 6.41. The highest BCUT2D eigenvalue weighted by molar-refractivity contribution is 7.89. The number of nitrogens with zero attached hydrogens (tertiary/aromatic N) is 2. The van der Waals surface area contributed by atoms with E-state index in [-0.39, 0.29) is 15.8 Å². The number of morpholine rings is 1. The van der Waals surface area contributed by atoms with E-state index in [1.165, 1.54) is 16.8 Å². The molecule has 0 aromatic heterocycles. The van der Waals surface area contributed by atoms with Crippen LogP contribution in [0.2, 0.25) is 0 Å². The number of aryl methyl sites for hydroxylation is 1. The van der Waals surface area contributed by atoms with E-state index < -0.39 is 10.0 Å². The highest BCUT2D eigenvalue weighted by Gasteiger charge is 2.28. The number of sulfonamides is 1. The van der Waals surface area contributed by atoms with Crippen molar-refractivity contribution in [1.82, 2.24) is 4.31 Å². The van der Waals surface area contributed by atoms with E-state index in [4.69, 9.17) is 17.0 Å². The molecule has 10 heteroatoms. The molecular weight excluding hydrogens is 463 g/mol. The highest BCUT2D eigenvalue weighted by Crippen LogP contribution is 2.32. The smallest absolute Gasteiger partial charge is 0.243 e. The average Bonchev–Trinajstić information content (AvgIpc) is 2.82. The van der Waals surface area contributed by atoms with Crippen LogP contribution in [-0.4, -0.2) is 57.2 Å². The summed E-state index contributed by atoms with van der Waals surface area (Å²) in [5.41, 5.74) is 2.58. The molecule has 0 saturated carbocycles. The summed E-state index contributed by atoms with van der Waals surface area (Å²) < 4.78 is 47.1. The Hall–Kier alpha value is -2.27. The maximum absolute atomic E-state index is 13.9. The summed E-state index contributed by atoms with van der Waals surface area (Å²) in [5.74, 6) is -0.324. The number of thiocarbonyl (C=S) groups is 1. The van der Waals surface area contributed by atoms with Crippen LogP contribution in [0.3, 0.4) is 0 Å². The predicted molar refractivity (Wildman–Crippen MR) is 133 cm³/mol. The van der Waals surface area contributed by atoms with Crippen LogP contribution in [-0.2, 0) is 14.8 Å². The van der Waals surface area contributed by atoms with Crippen LogP contribution in [0.5, 0.6) is 0 Å². The van der Waals surface area contributed by atoms with Gasteiger partial charge >= 0.3 is 0 Å². The fraction of sp³-hybridized carbons (Fsp3) is 0.435. The summed E-state index contributed by atoms with van der Waals surface area (Å²) in [6, 6.07) is 9.94. The molecule has 2 saturated heterocycles. The van der Waals surface area contributed by atoms with Crippen LogP contribution in [0.4, 0.5) is 21.5 Å². The van der Waals surface area contributed by atoms with Gasteiger partial charge in [-0.25, -0.2) is 12.8 Å². The first-order valence-corrected chi connectivity index (χ1v) is 13.0. The molecule has 4 rings (SSSR count). The second-order valence-corrected chi connectivity index (χ2v) is 10.6. The van der Waals surface area contributed by atoms with Gasteiger partial charge in [0, 0.05) is 31.9 Å². The molecule has 2 fully saturated rings. The zero-order valence-electron chi connectivity index (χ0n) is 18.6. The molecule has 2 aliphatic heterocycles. The standard InChI is InChI=1S/C23H29FN4O3S2/c1-17-5-6-18(15-20(17)24)25-23(32)26-21-16-19(33(29,30)28-11-13-31-14-12-28)7-8-22(21)27-9-3-2-4-10-27/h5-8,15-16H,2-4,9-14H2,1H3,(H2,25,26,32). The molecule has 2 N–H and O–H groups in total. The minimum Gasteiger partial charge on any atom is -0.379 e. The number of halogens is 1. The van der Waals surface area contributed by atoms with Crippen molar-refractivity contribution in [3.8, 4) is 0 Å². The van der Waals surface area contributed by atoms with Gasteiger partial charge in [-0.3, -0.25) is 0 Å². The van der Waals surface area contributed by atoms with Gasteiger partial charge in [-0.15, -0.1) is 0 Å². The summed E-state index contributed by atoms with van der Waals surface area (Å²) in [4.78, 5) is 2.45. The quantitative estimate of drug-likeness (QED) is 0.612. The molecule has 2 aromatic carbocycles. The van der Waals surface area contributed by atoms with E-state index in [2.05, 4.69) is 15.5 Å². The van der Waals surface area contributed by atoms with Gasteiger partial charge in [0.25, 0.3) is 0 Å². The maximum atomic E-state index is 13.9. The number of hydrogen-bond donors (Lipinski definition) is 2. The van der Waals surface area contributed by atoms with Gasteiger partial charge in [0.2, 0.25) is 10.0 Å². The maximum Gasteiger partial charge on any atom is 0.243 e. The largest absolute Gasteiger partial charge is 0.379 e. The van der Waals surface area contributed by atoms with Crippen molar-refractivity contribution in [3.05, 3.63) is 47.8 Å². The first kappa shape index (κ1) is 23.9. The number of nitrogens with one attached hydrogen (secondary N) is 2. The van der Waals surface area contributed by atoms with Crippen LogP contribution in [0.15, 0.2) is 41.3 Å². The SMILES string of the molecule is Cc1ccc(NC(=S)Nc2cc(S(=O)(=O)N3CCOCC3)ccc2N2CCCCC2)cc1F. The van der Waals surface area contributed by atoms with Gasteiger partial charge < -0.3 is 20.3 Å². The lowest BCUT2D eigenvalue weighted by molar-refractivity contribution is 0.0730. The van der Waals surface area contributed by atoms with Gasteiger partial charge in [-0.05, 0) is 74.3 Å². The molecule has 178 valence electrons. The van der Waals surface area contributed by atoms with E-state index >= 15 is 0 Å². The van der Waals surface area contributed by atoms with Gasteiger partial charge in [0.1, 0.15) is 5.82 Å². The molecule has 2 aliphatic rings. The second-order valence-electron chi connectivity index (χ2n) is 8.29. The Morgan fingerprint density at radius 1 is 1.00 bits per heavy atom. The summed E-state index contributed by atoms with van der Waals surface area (Å²) in [6.45, 7) is 4.92. The van der Waals surface area contributed by atoms with Crippen LogP contribution in [0, 0.1) is 12.7 Å². The Labute approximate surface area is 200 Å². The second kappa shape index (κ2) is 10.3. The molecule has 0 radical (unpaired) electrons. The first-order chi connectivity index (χ1) is 15.8. The van der Waals surface area contributed by atoms with Gasteiger partial charge in [-0.2, -0.15) is 4.31 Å². The van der Waals surface area contributed by atoms with Crippen molar-refractivity contribution >= 4 is 44.4 Å². The number of ether oxygens (including phenoxy) is 1. The van der Waals surface area contributed by atoms with Crippen molar-refractivity contribution in [2.75, 3.05) is 54.9 Å². The third-order valence-electron chi connectivity index (χ3n) is 5.95. The summed E-state index contributed by atoms with van der Waals surface area (Å²) >= 11 is 5.48. The molecule has 0 atom stereocenters. The summed E-state index contributed by atoms with van der Waals surface area (Å²) in [7, 11) is -3.66. The monoisotopic (exact) mass is 492 g/mol. The Morgan fingerprint density at radius 2 is 1.73 bits per heavy atom. The number of benzene rings is 2. The molecule has 0 amide bonds. The Kier molecular flexibility index (Phi) is 7.48. The van der Waals surface area contributed by atoms with Gasteiger partial charge in [0.05, 0.1) is 29.5 Å². The molecule has 0 bridgehead atoms. The predicted octanol–water partition coefficient (Wildman–Crippen LogP) is 3.95. The fourth-order valence-corrected chi connectivity index (χ4v) is 5.74. The zero-order valence-corrected chi connectivity index (χ0v) is 20.3. The number of hydrogen-bond acceptors (Lipinski definition) is 5. The normalized spacial score (nSPS) is 17.6. The lowest BCUT2D eigenvalue weighted by Gasteiger charge is -2.31. The van der Waals surface area contributed by atoms with Crippen molar-refractivity contribution in [2.24, 2.45) is 0 Å². The van der Waals surface area contributed by atoms with E-state index in [0.717, 1.165) is 31.6 Å². The first-order valence-electron chi connectivity index (χ1n) is 11.2. The lowest BCUT2D eigenvalue weighted by Crippen LogP contribution is -2.40. The number of anilines is 3. The molecule has 0 aliphatic carbocycles. The highest BCUT2D eigenvalue weighted by atomic mass is 32.2. The Bertz CT molecular complexity index is 1110. The molecule has 33 heavy (non-hydrogen) atoms. The lowest BCUT2D eigenvalue weighted by atomic mass is 10.1. The van der Waals surface area contributed by atoms with E-state index in [1.54, 1.807) is 31.2 Å². The Morgan fingerprint density at radius 3 is 2.42 bits per heavy atom. The van der Waals surface area contributed by atoms with Crippen LogP contribution in [0.25, 0.3) is 0 Å². The fourth-order valence-electron chi connectivity index (χ4n) is 4.08. The zero-order chi connectivity index (χ0) is 23.4. The van der Waals surface area contributed by atoms with Crippen molar-refractivity contribution in [1.29, 1.82) is 0 Å². The van der Waals surface area contributed by atoms with Crippen molar-refractivity contribution in [3.63, 3.8) is 0 Å². The van der Waals surface area contributed by atoms with Gasteiger partial charge in [0.15, 0.2) is 5.11 Å². The third-order valence-corrected chi connectivity index (χ3v) is 8.05. The van der Waals surface area contributed by atoms with Crippen molar-refractivity contribution in [2.45, 2.75) is 31.1 Å². The third kappa shape index (κ3) is 5.63. The van der Waals surface area contributed by atoms with Crippen LogP contribution < -0.4 is 15.5 Å². The average molecular weight is 493 g/mol. The van der Waals surface area contributed by atoms with Crippen molar-refractivity contribution < 1.29 is 17.5 Å². The molecule has 7 nitrogen and oxygen atoms in total. The van der Waals surface area contributed by atoms with E-state index in [1.807, 2.05) is 6.07 Å². The van der Waals surface area contributed by atoms with E-state index in [9.17, 15) is 12.8 Å². The molecular formula is C23H29FN4O3S2. The molecule has 2 heterocycles. The molecule has 0 spiro atoms. The number of piperidine rings is 1. The summed E-state index contributed by atoms with van der Waals surface area (Å²) in [6.07, 6.45) is 3.35. The number of rotatable bonds is 5. The molecule has 0 unspecified atom stereocenters. The van der Waals surface area contributed by atoms with Crippen LogP contribution >= 0.6 is 12.2 Å². The van der Waals surface area contributed by atoms with Crippen LogP contribution in [0.1, 0.15) is 24.8 Å². The topological polar surface area (TPSA) is 73.9 Å². The molecule has 2 aromatic rings. The Balaban J connectivity index is 1.61.